The van der Waals surface area contributed by atoms with Crippen LogP contribution in [-0.4, -0.2) is 42.3 Å². The van der Waals surface area contributed by atoms with Crippen molar-refractivity contribution in [3.05, 3.63) is 50.7 Å². The number of aliphatic hydroxyl groups excluding tert-OH is 1. The van der Waals surface area contributed by atoms with E-state index in [0.717, 1.165) is 22.3 Å². The van der Waals surface area contributed by atoms with Crippen molar-refractivity contribution in [1.29, 1.82) is 0 Å². The van der Waals surface area contributed by atoms with E-state index in [2.05, 4.69) is 11.9 Å². The number of hydrogen-bond donors (Lipinski definition) is 1. The molecule has 0 fully saturated rings. The Morgan fingerprint density at radius 1 is 1.17 bits per heavy atom. The molecule has 0 saturated carbocycles. The van der Waals surface area contributed by atoms with Gasteiger partial charge in [-0.3, -0.25) is 13.9 Å². The van der Waals surface area contributed by atoms with E-state index in [4.69, 9.17) is 4.74 Å². The van der Waals surface area contributed by atoms with E-state index >= 15 is 0 Å². The lowest BCUT2D eigenvalue weighted by Crippen LogP contribution is -2.38. The van der Waals surface area contributed by atoms with Gasteiger partial charge in [0, 0.05) is 19.8 Å². The quantitative estimate of drug-likeness (QED) is 0.560. The molecule has 0 spiro atoms. The maximum atomic E-state index is 12.8. The highest BCUT2D eigenvalue weighted by Gasteiger charge is 2.21. The summed E-state index contributed by atoms with van der Waals surface area (Å²) in [5.74, 6) is 1.48. The number of aliphatic hydroxyl groups is 1. The summed E-state index contributed by atoms with van der Waals surface area (Å²) in [7, 11) is 3.03. The second-order valence-electron chi connectivity index (χ2n) is 7.01. The van der Waals surface area contributed by atoms with Gasteiger partial charge >= 0.3 is 5.69 Å². The molecule has 1 N–H and O–H groups in total. The molecule has 0 amide bonds. The lowest BCUT2D eigenvalue weighted by atomic mass is 10.2. The van der Waals surface area contributed by atoms with Crippen molar-refractivity contribution in [1.82, 2.24) is 18.7 Å². The third kappa shape index (κ3) is 4.40. The Kier molecular flexibility index (Phi) is 6.49. The summed E-state index contributed by atoms with van der Waals surface area (Å²) in [5, 5.41) is 11.2. The zero-order chi connectivity index (χ0) is 21.1. The number of aryl methyl sites for hydroxylation is 2. The fourth-order valence-electron chi connectivity index (χ4n) is 2.99. The van der Waals surface area contributed by atoms with Crippen molar-refractivity contribution in [2.75, 3.05) is 12.4 Å². The van der Waals surface area contributed by atoms with E-state index in [9.17, 15) is 14.7 Å². The van der Waals surface area contributed by atoms with Crippen LogP contribution >= 0.6 is 11.8 Å². The number of hydrogen-bond acceptors (Lipinski definition) is 6. The number of benzene rings is 1. The molecular formula is C20H26N4O4S. The molecule has 2 aromatic heterocycles. The summed E-state index contributed by atoms with van der Waals surface area (Å²) in [6.45, 7) is 4.26. The molecule has 0 bridgehead atoms. The van der Waals surface area contributed by atoms with E-state index in [-0.39, 0.29) is 13.2 Å². The van der Waals surface area contributed by atoms with Crippen LogP contribution in [0.1, 0.15) is 18.9 Å². The zero-order valence-electron chi connectivity index (χ0n) is 17.1. The summed E-state index contributed by atoms with van der Waals surface area (Å²) in [6.07, 6.45) is 0.0841. The molecule has 0 aliphatic carbocycles. The number of ether oxygens (including phenoxy) is 1. The zero-order valence-corrected chi connectivity index (χ0v) is 17.9. The molecule has 8 nitrogen and oxygen atoms in total. The van der Waals surface area contributed by atoms with Crippen molar-refractivity contribution in [3.8, 4) is 5.75 Å². The van der Waals surface area contributed by atoms with Gasteiger partial charge in [0.15, 0.2) is 16.3 Å². The highest BCUT2D eigenvalue weighted by molar-refractivity contribution is 7.99. The van der Waals surface area contributed by atoms with Crippen LogP contribution in [0, 0.1) is 6.92 Å². The third-order valence-electron chi connectivity index (χ3n) is 4.60. The van der Waals surface area contributed by atoms with Gasteiger partial charge in [0.05, 0.1) is 6.54 Å². The molecule has 1 atom stereocenters. The topological polar surface area (TPSA) is 91.3 Å². The van der Waals surface area contributed by atoms with Gasteiger partial charge < -0.3 is 14.4 Å². The SMILES string of the molecule is CCCSc1nc2c(c(=O)n(C)c(=O)n2C)n1C[C@@H](O)COc1ccc(C)cc1. The molecule has 29 heavy (non-hydrogen) atoms. The average molecular weight is 419 g/mol. The van der Waals surface area contributed by atoms with Crippen molar-refractivity contribution >= 4 is 22.9 Å². The van der Waals surface area contributed by atoms with Crippen LogP contribution in [0.5, 0.6) is 5.75 Å². The van der Waals surface area contributed by atoms with Crippen molar-refractivity contribution in [3.63, 3.8) is 0 Å². The Morgan fingerprint density at radius 3 is 2.52 bits per heavy atom. The van der Waals surface area contributed by atoms with E-state index in [1.807, 2.05) is 31.2 Å². The first-order chi connectivity index (χ1) is 13.8. The number of aromatic nitrogens is 4. The highest BCUT2D eigenvalue weighted by atomic mass is 32.2. The lowest BCUT2D eigenvalue weighted by molar-refractivity contribution is 0.0913. The van der Waals surface area contributed by atoms with E-state index < -0.39 is 17.4 Å². The summed E-state index contributed by atoms with van der Waals surface area (Å²) in [5.41, 5.74) is 0.904. The molecular weight excluding hydrogens is 392 g/mol. The predicted molar refractivity (Wildman–Crippen MR) is 114 cm³/mol. The Balaban J connectivity index is 1.92. The molecule has 9 heteroatoms. The van der Waals surface area contributed by atoms with Crippen molar-refractivity contribution < 1.29 is 9.84 Å². The molecule has 3 rings (SSSR count). The Morgan fingerprint density at radius 2 is 1.86 bits per heavy atom. The van der Waals surface area contributed by atoms with Crippen LogP contribution in [0.4, 0.5) is 0 Å². The first kappa shape index (κ1) is 21.2. The molecule has 156 valence electrons. The molecule has 2 heterocycles. The number of rotatable bonds is 8. The largest absolute Gasteiger partial charge is 0.491 e. The van der Waals surface area contributed by atoms with Crippen LogP contribution < -0.4 is 16.0 Å². The van der Waals surface area contributed by atoms with Gasteiger partial charge in [-0.1, -0.05) is 36.4 Å². The van der Waals surface area contributed by atoms with Gasteiger partial charge in [0.1, 0.15) is 18.5 Å². The Hall–Kier alpha value is -2.52. The van der Waals surface area contributed by atoms with E-state index in [1.54, 1.807) is 11.6 Å². The number of nitrogens with zero attached hydrogens (tertiary/aromatic N) is 4. The smallest absolute Gasteiger partial charge is 0.332 e. The number of thioether (sulfide) groups is 1. The maximum absolute atomic E-state index is 12.8. The summed E-state index contributed by atoms with van der Waals surface area (Å²) >= 11 is 1.50. The predicted octanol–water partition coefficient (Wildman–Crippen LogP) is 1.68. The number of fused-ring (bicyclic) bond motifs is 1. The lowest BCUT2D eigenvalue weighted by Gasteiger charge is -2.15. The van der Waals surface area contributed by atoms with Crippen molar-refractivity contribution in [2.24, 2.45) is 14.1 Å². The van der Waals surface area contributed by atoms with Gasteiger partial charge in [-0.25, -0.2) is 9.78 Å². The first-order valence-electron chi connectivity index (χ1n) is 9.50. The second-order valence-corrected chi connectivity index (χ2v) is 8.07. The minimum absolute atomic E-state index is 0.0761. The summed E-state index contributed by atoms with van der Waals surface area (Å²) in [6, 6.07) is 7.58. The second kappa shape index (κ2) is 8.87. The molecule has 0 unspecified atom stereocenters. The molecule has 1 aromatic carbocycles. The fourth-order valence-corrected chi connectivity index (χ4v) is 3.85. The van der Waals surface area contributed by atoms with Gasteiger partial charge in [-0.15, -0.1) is 0 Å². The van der Waals surface area contributed by atoms with Gasteiger partial charge in [0.2, 0.25) is 0 Å². The van der Waals surface area contributed by atoms with Crippen LogP contribution in [0.3, 0.4) is 0 Å². The minimum atomic E-state index is -0.850. The van der Waals surface area contributed by atoms with E-state index in [1.165, 1.54) is 23.4 Å². The van der Waals surface area contributed by atoms with Crippen LogP contribution in [0.2, 0.25) is 0 Å². The maximum Gasteiger partial charge on any atom is 0.332 e. The van der Waals surface area contributed by atoms with Crippen molar-refractivity contribution in [2.45, 2.75) is 38.1 Å². The molecule has 0 aliphatic heterocycles. The fraction of sp³-hybridized carbons (Fsp3) is 0.450. The van der Waals surface area contributed by atoms with Crippen LogP contribution in [-0.2, 0) is 20.6 Å². The Labute approximate surface area is 172 Å². The van der Waals surface area contributed by atoms with Gasteiger partial charge in [-0.2, -0.15) is 0 Å². The Bertz CT molecular complexity index is 1110. The normalized spacial score (nSPS) is 12.4. The summed E-state index contributed by atoms with van der Waals surface area (Å²) in [4.78, 5) is 29.5. The van der Waals surface area contributed by atoms with Crippen LogP contribution in [0.25, 0.3) is 11.2 Å². The monoisotopic (exact) mass is 418 g/mol. The number of imidazole rings is 1. The standard InChI is InChI=1S/C20H26N4O4S/c1-5-10-29-19-21-17-16(18(26)23(4)20(27)22(17)3)24(19)11-14(25)12-28-15-8-6-13(2)7-9-15/h6-9,14,25H,5,10-12H2,1-4H3/t14-/m1/s1. The molecule has 3 aromatic rings. The first-order valence-corrected chi connectivity index (χ1v) is 10.5. The van der Waals surface area contributed by atoms with E-state index in [0.29, 0.717) is 22.1 Å². The third-order valence-corrected chi connectivity index (χ3v) is 5.79. The summed E-state index contributed by atoms with van der Waals surface area (Å²) < 4.78 is 9.79. The minimum Gasteiger partial charge on any atom is -0.491 e. The molecule has 0 saturated heterocycles. The molecule has 0 aliphatic rings. The average Bonchev–Trinajstić information content (AvgIpc) is 3.07. The highest BCUT2D eigenvalue weighted by Crippen LogP contribution is 2.23. The van der Waals surface area contributed by atoms with Gasteiger partial charge in [-0.05, 0) is 25.5 Å². The van der Waals surface area contributed by atoms with Crippen LogP contribution in [0.15, 0.2) is 39.0 Å². The van der Waals surface area contributed by atoms with Gasteiger partial charge in [0.25, 0.3) is 5.56 Å². The molecule has 0 radical (unpaired) electrons.